The fraction of sp³-hybridized carbons (Fsp3) is 0.286. The molecule has 0 aliphatic rings. The van der Waals surface area contributed by atoms with Crippen LogP contribution >= 0.6 is 34.8 Å². The Kier molecular flexibility index (Phi) is 4.81. The number of methoxy groups -OCH3 is 1. The minimum Gasteiger partial charge on any atom is -0.469 e. The molecule has 21 heavy (non-hydrogen) atoms. The molecule has 4 nitrogen and oxygen atoms in total. The number of esters is 1. The molecule has 1 aromatic heterocycles. The third kappa shape index (κ3) is 3.18. The van der Waals surface area contributed by atoms with Crippen molar-refractivity contribution in [2.24, 2.45) is 0 Å². The van der Waals surface area contributed by atoms with E-state index >= 15 is 0 Å². The summed E-state index contributed by atoms with van der Waals surface area (Å²) in [6.45, 7) is 3.67. The first-order valence-electron chi connectivity index (χ1n) is 6.12. The highest BCUT2D eigenvalue weighted by Gasteiger charge is 2.19. The van der Waals surface area contributed by atoms with E-state index in [0.29, 0.717) is 20.8 Å². The van der Waals surface area contributed by atoms with Gasteiger partial charge in [0.25, 0.3) is 0 Å². The Morgan fingerprint density at radius 2 is 1.81 bits per heavy atom. The van der Waals surface area contributed by atoms with Crippen LogP contribution in [0.4, 0.5) is 0 Å². The molecule has 0 atom stereocenters. The molecule has 7 heteroatoms. The Bertz CT molecular complexity index is 687. The lowest BCUT2D eigenvalue weighted by molar-refractivity contribution is -0.139. The number of carbonyl (C=O) groups is 1. The monoisotopic (exact) mass is 346 g/mol. The summed E-state index contributed by atoms with van der Waals surface area (Å²) in [7, 11) is 1.35. The van der Waals surface area contributed by atoms with Gasteiger partial charge in [-0.2, -0.15) is 5.10 Å². The average Bonchev–Trinajstić information content (AvgIpc) is 2.65. The van der Waals surface area contributed by atoms with Crippen LogP contribution in [0.5, 0.6) is 0 Å². The molecule has 0 fully saturated rings. The van der Waals surface area contributed by atoms with Gasteiger partial charge in [-0.3, -0.25) is 4.79 Å². The lowest BCUT2D eigenvalue weighted by Crippen LogP contribution is -2.07. The summed E-state index contributed by atoms with van der Waals surface area (Å²) >= 11 is 18.3. The van der Waals surface area contributed by atoms with Gasteiger partial charge in [-0.1, -0.05) is 34.8 Å². The number of aryl methyl sites for hydroxylation is 1. The zero-order chi connectivity index (χ0) is 15.7. The van der Waals surface area contributed by atoms with Crippen molar-refractivity contribution in [3.8, 4) is 5.69 Å². The normalized spacial score (nSPS) is 10.8. The summed E-state index contributed by atoms with van der Waals surface area (Å²) in [6.07, 6.45) is 0.150. The van der Waals surface area contributed by atoms with Gasteiger partial charge in [-0.05, 0) is 26.0 Å². The second-order valence-corrected chi connectivity index (χ2v) is 5.78. The van der Waals surface area contributed by atoms with Gasteiger partial charge in [0.15, 0.2) is 0 Å². The summed E-state index contributed by atoms with van der Waals surface area (Å²) in [5.74, 6) is -0.325. The number of halogens is 3. The Morgan fingerprint density at radius 1 is 1.24 bits per heavy atom. The van der Waals surface area contributed by atoms with E-state index in [1.807, 2.05) is 13.8 Å². The van der Waals surface area contributed by atoms with Crippen LogP contribution in [0.1, 0.15) is 17.0 Å². The Hall–Kier alpha value is -1.23. The molecule has 2 aromatic rings. The number of rotatable bonds is 3. The first-order valence-corrected chi connectivity index (χ1v) is 7.25. The van der Waals surface area contributed by atoms with Crippen LogP contribution in [0.25, 0.3) is 5.69 Å². The van der Waals surface area contributed by atoms with Gasteiger partial charge < -0.3 is 4.74 Å². The molecule has 0 unspecified atom stereocenters. The van der Waals surface area contributed by atoms with Crippen LogP contribution in [0.15, 0.2) is 12.1 Å². The largest absolute Gasteiger partial charge is 0.469 e. The van der Waals surface area contributed by atoms with Gasteiger partial charge in [0, 0.05) is 16.3 Å². The second kappa shape index (κ2) is 6.26. The summed E-state index contributed by atoms with van der Waals surface area (Å²) in [4.78, 5) is 11.5. The maximum Gasteiger partial charge on any atom is 0.310 e. The lowest BCUT2D eigenvalue weighted by Gasteiger charge is -2.10. The van der Waals surface area contributed by atoms with E-state index in [4.69, 9.17) is 39.5 Å². The highest BCUT2D eigenvalue weighted by atomic mass is 35.5. The molecule has 0 radical (unpaired) electrons. The number of carbonyl (C=O) groups excluding carboxylic acids is 1. The highest BCUT2D eigenvalue weighted by molar-refractivity contribution is 6.40. The van der Waals surface area contributed by atoms with Gasteiger partial charge in [0.1, 0.15) is 5.69 Å². The molecular weight excluding hydrogens is 335 g/mol. The maximum absolute atomic E-state index is 11.5. The van der Waals surface area contributed by atoms with E-state index < -0.39 is 0 Å². The second-order valence-electron chi connectivity index (χ2n) is 4.53. The van der Waals surface area contributed by atoms with E-state index in [9.17, 15) is 4.79 Å². The molecule has 0 N–H and O–H groups in total. The van der Waals surface area contributed by atoms with Crippen molar-refractivity contribution in [1.29, 1.82) is 0 Å². The fourth-order valence-corrected chi connectivity index (χ4v) is 3.08. The number of ether oxygens (including phenoxy) is 1. The standard InChI is InChI=1S/C14H13Cl3N2O2/c1-7-10(6-13(20)21-3)8(2)19(18-7)14-11(16)4-9(15)5-12(14)17/h4-5H,6H2,1-3H3. The molecule has 0 amide bonds. The van der Waals surface area contributed by atoms with Crippen LogP contribution in [0.2, 0.25) is 15.1 Å². The maximum atomic E-state index is 11.5. The van der Waals surface area contributed by atoms with E-state index in [0.717, 1.165) is 17.0 Å². The van der Waals surface area contributed by atoms with Crippen LogP contribution in [-0.4, -0.2) is 22.9 Å². The summed E-state index contributed by atoms with van der Waals surface area (Å²) in [5, 5.41) is 5.65. The zero-order valence-electron chi connectivity index (χ0n) is 11.7. The fourth-order valence-electron chi connectivity index (χ4n) is 2.10. The van der Waals surface area contributed by atoms with Crippen LogP contribution in [0, 0.1) is 13.8 Å². The Balaban J connectivity index is 2.57. The molecule has 0 spiro atoms. The number of nitrogens with zero attached hydrogens (tertiary/aromatic N) is 2. The molecule has 0 aliphatic carbocycles. The van der Waals surface area contributed by atoms with Crippen molar-refractivity contribution in [1.82, 2.24) is 9.78 Å². The van der Waals surface area contributed by atoms with Crippen molar-refractivity contribution in [2.45, 2.75) is 20.3 Å². The number of aromatic nitrogens is 2. The van der Waals surface area contributed by atoms with Gasteiger partial charge >= 0.3 is 5.97 Å². The summed E-state index contributed by atoms with van der Waals surface area (Å²) in [6, 6.07) is 3.20. The number of hydrogen-bond acceptors (Lipinski definition) is 3. The molecule has 0 saturated heterocycles. The third-order valence-electron chi connectivity index (χ3n) is 3.18. The number of hydrogen-bond donors (Lipinski definition) is 0. The SMILES string of the molecule is COC(=O)Cc1c(C)nn(-c2c(Cl)cc(Cl)cc2Cl)c1C. The minimum absolute atomic E-state index is 0.150. The van der Waals surface area contributed by atoms with Crippen molar-refractivity contribution in [3.63, 3.8) is 0 Å². The Morgan fingerprint density at radius 3 is 2.33 bits per heavy atom. The third-order valence-corrected chi connectivity index (χ3v) is 3.98. The first kappa shape index (κ1) is 16.1. The van der Waals surface area contributed by atoms with Crippen LogP contribution in [0.3, 0.4) is 0 Å². The smallest absolute Gasteiger partial charge is 0.310 e. The predicted octanol–water partition coefficient (Wildman–Crippen LogP) is 4.16. The highest BCUT2D eigenvalue weighted by Crippen LogP contribution is 2.33. The van der Waals surface area contributed by atoms with E-state index in [-0.39, 0.29) is 12.4 Å². The van der Waals surface area contributed by atoms with Gasteiger partial charge in [-0.25, -0.2) is 4.68 Å². The van der Waals surface area contributed by atoms with Crippen LogP contribution < -0.4 is 0 Å². The summed E-state index contributed by atoms with van der Waals surface area (Å²) in [5.41, 5.74) is 2.84. The quantitative estimate of drug-likeness (QED) is 0.783. The van der Waals surface area contributed by atoms with Gasteiger partial charge in [0.2, 0.25) is 0 Å². The molecule has 1 aromatic carbocycles. The van der Waals surface area contributed by atoms with E-state index in [2.05, 4.69) is 5.10 Å². The predicted molar refractivity (Wildman–Crippen MR) is 83.8 cm³/mol. The minimum atomic E-state index is -0.325. The molecule has 0 bridgehead atoms. The molecule has 0 aliphatic heterocycles. The van der Waals surface area contributed by atoms with Crippen molar-refractivity contribution >= 4 is 40.8 Å². The molecule has 0 saturated carbocycles. The van der Waals surface area contributed by atoms with Gasteiger partial charge in [-0.15, -0.1) is 0 Å². The number of benzene rings is 1. The van der Waals surface area contributed by atoms with E-state index in [1.54, 1.807) is 16.8 Å². The van der Waals surface area contributed by atoms with Crippen molar-refractivity contribution < 1.29 is 9.53 Å². The lowest BCUT2D eigenvalue weighted by atomic mass is 10.1. The average molecular weight is 348 g/mol. The molecule has 2 rings (SSSR count). The van der Waals surface area contributed by atoms with Crippen molar-refractivity contribution in [3.05, 3.63) is 44.2 Å². The molecule has 1 heterocycles. The van der Waals surface area contributed by atoms with E-state index in [1.165, 1.54) is 7.11 Å². The first-order chi connectivity index (χ1) is 9.85. The Labute approximate surface area is 137 Å². The molecular formula is C14H13Cl3N2O2. The van der Waals surface area contributed by atoms with Crippen molar-refractivity contribution in [2.75, 3.05) is 7.11 Å². The topological polar surface area (TPSA) is 44.1 Å². The van der Waals surface area contributed by atoms with Crippen LogP contribution in [-0.2, 0) is 16.0 Å². The zero-order valence-corrected chi connectivity index (χ0v) is 14.0. The molecule has 112 valence electrons. The summed E-state index contributed by atoms with van der Waals surface area (Å²) < 4.78 is 6.32. The van der Waals surface area contributed by atoms with Gasteiger partial charge in [0.05, 0.1) is 29.3 Å².